The summed E-state index contributed by atoms with van der Waals surface area (Å²) in [5.41, 5.74) is 3.86. The average molecular weight is 232 g/mol. The van der Waals surface area contributed by atoms with Crippen LogP contribution in [0.15, 0.2) is 29.9 Å². The summed E-state index contributed by atoms with van der Waals surface area (Å²) in [6.45, 7) is 4.24. The van der Waals surface area contributed by atoms with Crippen molar-refractivity contribution in [2.75, 3.05) is 7.05 Å². The fourth-order valence-electron chi connectivity index (χ4n) is 1.92. The maximum atomic E-state index is 4.14. The molecule has 2 heterocycles. The van der Waals surface area contributed by atoms with Gasteiger partial charge in [0, 0.05) is 17.3 Å². The number of hydrogen-bond acceptors (Lipinski definition) is 3. The molecular formula is C13H16N2S. The molecule has 0 radical (unpaired) electrons. The molecule has 0 saturated carbocycles. The Kier molecular flexibility index (Phi) is 3.36. The molecule has 0 aliphatic carbocycles. The summed E-state index contributed by atoms with van der Waals surface area (Å²) in [7, 11) is 2.00. The monoisotopic (exact) mass is 232 g/mol. The maximum absolute atomic E-state index is 4.14. The van der Waals surface area contributed by atoms with Crippen LogP contribution >= 0.6 is 11.3 Å². The van der Waals surface area contributed by atoms with Crippen molar-refractivity contribution in [3.05, 3.63) is 51.5 Å². The highest BCUT2D eigenvalue weighted by atomic mass is 32.1. The second kappa shape index (κ2) is 4.76. The summed E-state index contributed by atoms with van der Waals surface area (Å²) in [6.07, 6.45) is 3.77. The molecule has 16 heavy (non-hydrogen) atoms. The van der Waals surface area contributed by atoms with Gasteiger partial charge in [-0.05, 0) is 55.1 Å². The third-order valence-electron chi connectivity index (χ3n) is 2.75. The minimum atomic E-state index is 0.271. The van der Waals surface area contributed by atoms with E-state index in [4.69, 9.17) is 0 Å². The summed E-state index contributed by atoms with van der Waals surface area (Å²) in [5.74, 6) is 0. The molecular weight excluding hydrogens is 216 g/mol. The molecule has 0 saturated heterocycles. The van der Waals surface area contributed by atoms with Crippen LogP contribution in [0.4, 0.5) is 0 Å². The zero-order valence-corrected chi connectivity index (χ0v) is 10.6. The first-order chi connectivity index (χ1) is 7.72. The zero-order chi connectivity index (χ0) is 11.5. The first kappa shape index (κ1) is 11.3. The van der Waals surface area contributed by atoms with Gasteiger partial charge in [-0.3, -0.25) is 4.98 Å². The Bertz CT molecular complexity index is 476. The SMILES string of the molecule is CNC(c1csc(C)c1)c1ccncc1C. The Morgan fingerprint density at radius 1 is 1.38 bits per heavy atom. The smallest absolute Gasteiger partial charge is 0.0586 e. The molecule has 2 nitrogen and oxygen atoms in total. The number of hydrogen-bond donors (Lipinski definition) is 1. The molecule has 2 rings (SSSR count). The standard InChI is InChI=1S/C13H16N2S/c1-9-7-15-5-4-12(9)13(14-3)11-6-10(2)16-8-11/h4-8,13-14H,1-3H3. The molecule has 0 aromatic carbocycles. The van der Waals surface area contributed by atoms with Crippen molar-refractivity contribution < 1.29 is 0 Å². The predicted octanol–water partition coefficient (Wildman–Crippen LogP) is 3.07. The van der Waals surface area contributed by atoms with E-state index in [9.17, 15) is 0 Å². The number of aryl methyl sites for hydroxylation is 2. The van der Waals surface area contributed by atoms with Crippen LogP contribution in [0, 0.1) is 13.8 Å². The van der Waals surface area contributed by atoms with Crippen LogP contribution in [0.5, 0.6) is 0 Å². The number of rotatable bonds is 3. The predicted molar refractivity (Wildman–Crippen MR) is 68.9 cm³/mol. The van der Waals surface area contributed by atoms with Crippen molar-refractivity contribution in [1.82, 2.24) is 10.3 Å². The lowest BCUT2D eigenvalue weighted by atomic mass is 9.98. The maximum Gasteiger partial charge on any atom is 0.0586 e. The van der Waals surface area contributed by atoms with E-state index in [1.54, 1.807) is 11.3 Å². The van der Waals surface area contributed by atoms with Gasteiger partial charge in [0.15, 0.2) is 0 Å². The first-order valence-corrected chi connectivity index (χ1v) is 6.23. The van der Waals surface area contributed by atoms with Gasteiger partial charge in [0.05, 0.1) is 6.04 Å². The summed E-state index contributed by atoms with van der Waals surface area (Å²) < 4.78 is 0. The highest BCUT2D eigenvalue weighted by Gasteiger charge is 2.14. The van der Waals surface area contributed by atoms with E-state index in [0.717, 1.165) is 0 Å². The topological polar surface area (TPSA) is 24.9 Å². The van der Waals surface area contributed by atoms with Gasteiger partial charge < -0.3 is 5.32 Å². The Morgan fingerprint density at radius 3 is 2.75 bits per heavy atom. The van der Waals surface area contributed by atoms with E-state index in [2.05, 4.69) is 41.7 Å². The fraction of sp³-hybridized carbons (Fsp3) is 0.308. The van der Waals surface area contributed by atoms with Crippen molar-refractivity contribution in [2.45, 2.75) is 19.9 Å². The lowest BCUT2D eigenvalue weighted by molar-refractivity contribution is 0.688. The molecule has 0 spiro atoms. The van der Waals surface area contributed by atoms with Gasteiger partial charge >= 0.3 is 0 Å². The van der Waals surface area contributed by atoms with Crippen molar-refractivity contribution in [3.8, 4) is 0 Å². The average Bonchev–Trinajstić information content (AvgIpc) is 2.69. The van der Waals surface area contributed by atoms with E-state index in [1.807, 2.05) is 19.4 Å². The third kappa shape index (κ3) is 2.15. The van der Waals surface area contributed by atoms with Crippen LogP contribution in [0.3, 0.4) is 0 Å². The first-order valence-electron chi connectivity index (χ1n) is 5.35. The van der Waals surface area contributed by atoms with Crippen molar-refractivity contribution in [2.24, 2.45) is 0 Å². The fourth-order valence-corrected chi connectivity index (χ4v) is 2.66. The molecule has 3 heteroatoms. The Hall–Kier alpha value is -1.19. The van der Waals surface area contributed by atoms with Crippen LogP contribution in [-0.4, -0.2) is 12.0 Å². The van der Waals surface area contributed by atoms with E-state index in [0.29, 0.717) is 0 Å². The van der Waals surface area contributed by atoms with Crippen molar-refractivity contribution >= 4 is 11.3 Å². The molecule has 2 aromatic heterocycles. The van der Waals surface area contributed by atoms with Gasteiger partial charge in [-0.25, -0.2) is 0 Å². The molecule has 1 N–H and O–H groups in total. The largest absolute Gasteiger partial charge is 0.309 e. The van der Waals surface area contributed by atoms with Gasteiger partial charge in [-0.2, -0.15) is 0 Å². The molecule has 0 fully saturated rings. The van der Waals surface area contributed by atoms with Gasteiger partial charge in [0.1, 0.15) is 0 Å². The van der Waals surface area contributed by atoms with Crippen LogP contribution in [0.1, 0.15) is 27.6 Å². The molecule has 1 unspecified atom stereocenters. The van der Waals surface area contributed by atoms with Crippen LogP contribution in [0.25, 0.3) is 0 Å². The van der Waals surface area contributed by atoms with Crippen molar-refractivity contribution in [1.29, 1.82) is 0 Å². The summed E-state index contributed by atoms with van der Waals surface area (Å²) >= 11 is 1.79. The third-order valence-corrected chi connectivity index (χ3v) is 3.63. The van der Waals surface area contributed by atoms with Gasteiger partial charge in [0.2, 0.25) is 0 Å². The van der Waals surface area contributed by atoms with E-state index < -0.39 is 0 Å². The quantitative estimate of drug-likeness (QED) is 0.879. The van der Waals surface area contributed by atoms with E-state index in [-0.39, 0.29) is 6.04 Å². The molecule has 0 bridgehead atoms. The number of thiophene rings is 1. The Balaban J connectivity index is 2.40. The minimum absolute atomic E-state index is 0.271. The van der Waals surface area contributed by atoms with Gasteiger partial charge in [0.25, 0.3) is 0 Å². The van der Waals surface area contributed by atoms with E-state index in [1.165, 1.54) is 21.6 Å². The number of nitrogens with zero attached hydrogens (tertiary/aromatic N) is 1. The van der Waals surface area contributed by atoms with Gasteiger partial charge in [-0.15, -0.1) is 11.3 Å². The number of pyridine rings is 1. The van der Waals surface area contributed by atoms with Crippen LogP contribution in [0.2, 0.25) is 0 Å². The van der Waals surface area contributed by atoms with Crippen molar-refractivity contribution in [3.63, 3.8) is 0 Å². The molecule has 2 aromatic rings. The van der Waals surface area contributed by atoms with Crippen LogP contribution in [-0.2, 0) is 0 Å². The number of aromatic nitrogens is 1. The molecule has 1 atom stereocenters. The summed E-state index contributed by atoms with van der Waals surface area (Å²) in [5, 5.41) is 5.59. The molecule has 84 valence electrons. The van der Waals surface area contributed by atoms with Gasteiger partial charge in [-0.1, -0.05) is 0 Å². The zero-order valence-electron chi connectivity index (χ0n) is 9.82. The second-order valence-electron chi connectivity index (χ2n) is 3.94. The highest BCUT2D eigenvalue weighted by molar-refractivity contribution is 7.10. The molecule has 0 aliphatic heterocycles. The highest BCUT2D eigenvalue weighted by Crippen LogP contribution is 2.27. The minimum Gasteiger partial charge on any atom is -0.309 e. The lowest BCUT2D eigenvalue weighted by Crippen LogP contribution is -2.18. The van der Waals surface area contributed by atoms with Crippen LogP contribution < -0.4 is 5.32 Å². The molecule has 0 aliphatic rings. The Labute approximate surface area is 100 Å². The molecule has 0 amide bonds. The normalized spacial score (nSPS) is 12.7. The summed E-state index contributed by atoms with van der Waals surface area (Å²) in [6, 6.07) is 4.60. The Morgan fingerprint density at radius 2 is 2.19 bits per heavy atom. The second-order valence-corrected chi connectivity index (χ2v) is 5.06. The lowest BCUT2D eigenvalue weighted by Gasteiger charge is -2.17. The van der Waals surface area contributed by atoms with E-state index >= 15 is 0 Å². The number of nitrogens with one attached hydrogen (secondary N) is 1. The summed E-state index contributed by atoms with van der Waals surface area (Å²) in [4.78, 5) is 5.48.